The Morgan fingerprint density at radius 3 is 1.24 bits per heavy atom. The first-order chi connectivity index (χ1) is 16.6. The molecule has 0 aromatic carbocycles. The number of unbranched alkanes of at least 4 members (excludes halogenated alkanes) is 21. The molecule has 0 atom stereocenters. The fraction of sp³-hybridized carbons (Fsp3) is 1.00. The van der Waals surface area contributed by atoms with Crippen LogP contribution in [0, 0.1) is 0 Å². The molecule has 206 valence electrons. The van der Waals surface area contributed by atoms with Crippen molar-refractivity contribution in [3.05, 3.63) is 0 Å². The van der Waals surface area contributed by atoms with Gasteiger partial charge in [0.05, 0.1) is 5.75 Å². The Labute approximate surface area is 219 Å². The van der Waals surface area contributed by atoms with Crippen molar-refractivity contribution < 1.29 is 8.42 Å². The third-order valence-electron chi connectivity index (χ3n) is 6.73. The lowest BCUT2D eigenvalue weighted by Crippen LogP contribution is -2.28. The van der Waals surface area contributed by atoms with Crippen LogP contribution < -0.4 is 4.72 Å². The predicted octanol–water partition coefficient (Wildman–Crippen LogP) is 9.65. The molecule has 0 unspecified atom stereocenters. The van der Waals surface area contributed by atoms with E-state index in [0.29, 0.717) is 12.3 Å². The van der Waals surface area contributed by atoms with E-state index >= 15 is 0 Å². The minimum Gasteiger partial charge on any atom is -0.214 e. The summed E-state index contributed by atoms with van der Waals surface area (Å²) in [5, 5.41) is 0. The van der Waals surface area contributed by atoms with Crippen LogP contribution in [0.25, 0.3) is 0 Å². The molecule has 0 aliphatic rings. The quantitative estimate of drug-likeness (QED) is 0.100. The highest BCUT2D eigenvalue weighted by atomic mass is 32.2. The van der Waals surface area contributed by atoms with Crippen LogP contribution in [0.15, 0.2) is 0 Å². The van der Waals surface area contributed by atoms with E-state index in [9.17, 15) is 8.42 Å². The van der Waals surface area contributed by atoms with Gasteiger partial charge in [0, 0.05) is 12.3 Å². The molecule has 0 aromatic rings. The molecule has 0 bridgehead atoms. The molecule has 3 nitrogen and oxygen atoms in total. The highest BCUT2D eigenvalue weighted by Crippen LogP contribution is 2.14. The zero-order chi connectivity index (χ0) is 25.0. The Morgan fingerprint density at radius 1 is 0.471 bits per heavy atom. The van der Waals surface area contributed by atoms with Crippen molar-refractivity contribution >= 4 is 21.8 Å². The number of hydrogen-bond donors (Lipinski definition) is 1. The highest BCUT2D eigenvalue weighted by molar-refractivity contribution is 7.99. The van der Waals surface area contributed by atoms with Crippen molar-refractivity contribution in [2.45, 2.75) is 162 Å². The Morgan fingerprint density at radius 2 is 0.824 bits per heavy atom. The predicted molar refractivity (Wildman–Crippen MR) is 157 cm³/mol. The summed E-state index contributed by atoms with van der Waals surface area (Å²) >= 11 is 1.89. The minimum atomic E-state index is -3.07. The molecule has 0 aliphatic carbocycles. The molecule has 0 spiro atoms. The Balaban J connectivity index is 3.23. The molecule has 0 saturated heterocycles. The lowest BCUT2D eigenvalue weighted by molar-refractivity contribution is 0.531. The summed E-state index contributed by atoms with van der Waals surface area (Å²) in [4.78, 5) is 0. The summed E-state index contributed by atoms with van der Waals surface area (Å²) in [7, 11) is -3.07. The molecule has 0 aromatic heterocycles. The average Bonchev–Trinajstić information content (AvgIpc) is 2.82. The number of thioether (sulfide) groups is 1. The number of hydrogen-bond acceptors (Lipinski definition) is 3. The summed E-state index contributed by atoms with van der Waals surface area (Å²) in [6, 6.07) is 0. The molecule has 5 heteroatoms. The van der Waals surface area contributed by atoms with E-state index in [1.807, 2.05) is 11.8 Å². The number of rotatable bonds is 29. The van der Waals surface area contributed by atoms with Crippen molar-refractivity contribution in [2.75, 3.05) is 23.8 Å². The number of sulfonamides is 1. The monoisotopic (exact) mass is 519 g/mol. The molecular weight excluding hydrogens is 458 g/mol. The minimum absolute atomic E-state index is 0.296. The maximum Gasteiger partial charge on any atom is 0.211 e. The van der Waals surface area contributed by atoms with Gasteiger partial charge in [0.15, 0.2) is 0 Å². The van der Waals surface area contributed by atoms with Crippen molar-refractivity contribution in [3.63, 3.8) is 0 Å². The topological polar surface area (TPSA) is 46.2 Å². The van der Waals surface area contributed by atoms with E-state index < -0.39 is 10.0 Å². The standard InChI is InChI=1S/C29H61NO2S2/c1-3-5-7-9-11-12-13-14-15-16-17-18-19-20-22-24-27-33-28-26-30-34(31,32)29-25-23-21-10-8-6-4-2/h30H,3-29H2,1-2H3. The van der Waals surface area contributed by atoms with Crippen LogP contribution >= 0.6 is 11.8 Å². The van der Waals surface area contributed by atoms with Gasteiger partial charge in [-0.25, -0.2) is 13.1 Å². The van der Waals surface area contributed by atoms with Crippen LogP contribution in [0.4, 0.5) is 0 Å². The molecule has 0 aliphatic heterocycles. The maximum atomic E-state index is 12.0. The van der Waals surface area contributed by atoms with E-state index in [4.69, 9.17) is 0 Å². The highest BCUT2D eigenvalue weighted by Gasteiger charge is 2.08. The Kier molecular flexibility index (Phi) is 28.1. The summed E-state index contributed by atoms with van der Waals surface area (Å²) in [6.45, 7) is 5.09. The lowest BCUT2D eigenvalue weighted by Gasteiger charge is -2.07. The molecule has 0 rings (SSSR count). The first kappa shape index (κ1) is 34.3. The van der Waals surface area contributed by atoms with Gasteiger partial charge in [-0.1, -0.05) is 149 Å². The SMILES string of the molecule is CCCCCCCCCCCCCCCCCCSCCNS(=O)(=O)CCCCCCCCC. The Bertz CT molecular complexity index is 483. The van der Waals surface area contributed by atoms with E-state index in [1.54, 1.807) is 0 Å². The largest absolute Gasteiger partial charge is 0.214 e. The molecule has 0 amide bonds. The van der Waals surface area contributed by atoms with Gasteiger partial charge in [-0.2, -0.15) is 11.8 Å². The second-order valence-corrected chi connectivity index (χ2v) is 13.4. The van der Waals surface area contributed by atoms with Gasteiger partial charge in [-0.15, -0.1) is 0 Å². The van der Waals surface area contributed by atoms with Gasteiger partial charge in [-0.05, 0) is 18.6 Å². The second-order valence-electron chi connectivity index (χ2n) is 10.3. The Hall–Kier alpha value is 0.260. The van der Waals surface area contributed by atoms with Crippen molar-refractivity contribution in [2.24, 2.45) is 0 Å². The van der Waals surface area contributed by atoms with Crippen LogP contribution in [0.2, 0.25) is 0 Å². The third-order valence-corrected chi connectivity index (χ3v) is 9.27. The van der Waals surface area contributed by atoms with Crippen molar-refractivity contribution in [3.8, 4) is 0 Å². The summed E-state index contributed by atoms with van der Waals surface area (Å²) < 4.78 is 26.9. The second kappa shape index (κ2) is 27.8. The van der Waals surface area contributed by atoms with Crippen LogP contribution in [-0.2, 0) is 10.0 Å². The molecule has 0 saturated carbocycles. The molecule has 1 N–H and O–H groups in total. The zero-order valence-electron chi connectivity index (χ0n) is 23.2. The summed E-state index contributed by atoms with van der Waals surface area (Å²) in [5.74, 6) is 2.36. The maximum absolute atomic E-state index is 12.0. The lowest BCUT2D eigenvalue weighted by atomic mass is 10.0. The van der Waals surface area contributed by atoms with E-state index in [2.05, 4.69) is 18.6 Å². The molecule has 34 heavy (non-hydrogen) atoms. The van der Waals surface area contributed by atoms with Crippen molar-refractivity contribution in [1.82, 2.24) is 4.72 Å². The van der Waals surface area contributed by atoms with Gasteiger partial charge in [0.25, 0.3) is 0 Å². The number of nitrogens with one attached hydrogen (secondary N) is 1. The molecular formula is C29H61NO2S2. The summed E-state index contributed by atoms with van der Waals surface area (Å²) in [5.41, 5.74) is 0. The summed E-state index contributed by atoms with van der Waals surface area (Å²) in [6.07, 6.45) is 30.6. The smallest absolute Gasteiger partial charge is 0.211 e. The third kappa shape index (κ3) is 28.5. The van der Waals surface area contributed by atoms with Crippen LogP contribution in [0.5, 0.6) is 0 Å². The molecule has 0 fully saturated rings. The fourth-order valence-electron chi connectivity index (χ4n) is 4.44. The first-order valence-electron chi connectivity index (χ1n) is 15.2. The van der Waals surface area contributed by atoms with Gasteiger partial charge in [0.1, 0.15) is 0 Å². The van der Waals surface area contributed by atoms with Gasteiger partial charge in [-0.3, -0.25) is 0 Å². The first-order valence-corrected chi connectivity index (χ1v) is 18.0. The van der Waals surface area contributed by atoms with Gasteiger partial charge < -0.3 is 0 Å². The zero-order valence-corrected chi connectivity index (χ0v) is 24.9. The van der Waals surface area contributed by atoms with Crippen LogP contribution in [-0.4, -0.2) is 32.2 Å². The van der Waals surface area contributed by atoms with Crippen LogP contribution in [0.1, 0.15) is 162 Å². The van der Waals surface area contributed by atoms with Crippen LogP contribution in [0.3, 0.4) is 0 Å². The van der Waals surface area contributed by atoms with Gasteiger partial charge >= 0.3 is 0 Å². The normalized spacial score (nSPS) is 11.9. The van der Waals surface area contributed by atoms with Crippen molar-refractivity contribution in [1.29, 1.82) is 0 Å². The van der Waals surface area contributed by atoms with Gasteiger partial charge in [0.2, 0.25) is 10.0 Å². The van der Waals surface area contributed by atoms with E-state index in [-0.39, 0.29) is 0 Å². The molecule has 0 heterocycles. The average molecular weight is 520 g/mol. The fourth-order valence-corrected chi connectivity index (χ4v) is 6.57. The van der Waals surface area contributed by atoms with E-state index in [0.717, 1.165) is 24.3 Å². The van der Waals surface area contributed by atoms with E-state index in [1.165, 1.54) is 135 Å². The molecule has 0 radical (unpaired) electrons.